The molecule has 1 amide bonds. The van der Waals surface area contributed by atoms with Crippen molar-refractivity contribution in [2.75, 3.05) is 20.1 Å². The topological polar surface area (TPSA) is 44.4 Å². The molecule has 0 saturated carbocycles. The van der Waals surface area contributed by atoms with Crippen molar-refractivity contribution in [2.24, 2.45) is 0 Å². The summed E-state index contributed by atoms with van der Waals surface area (Å²) in [6.07, 6.45) is 0. The van der Waals surface area contributed by atoms with Crippen LogP contribution in [0.5, 0.6) is 0 Å². The van der Waals surface area contributed by atoms with Crippen LogP contribution < -0.4 is 10.6 Å². The van der Waals surface area contributed by atoms with E-state index in [1.165, 1.54) is 11.1 Å². The molecular weight excluding hydrogens is 238 g/mol. The summed E-state index contributed by atoms with van der Waals surface area (Å²) in [4.78, 5) is 14.0. The van der Waals surface area contributed by atoms with Crippen molar-refractivity contribution in [2.45, 2.75) is 32.5 Å². The van der Waals surface area contributed by atoms with Crippen molar-refractivity contribution in [3.63, 3.8) is 0 Å². The Morgan fingerprint density at radius 3 is 2.95 bits per heavy atom. The van der Waals surface area contributed by atoms with E-state index < -0.39 is 0 Å². The molecule has 1 aromatic carbocycles. The minimum absolute atomic E-state index is 0.0838. The van der Waals surface area contributed by atoms with Gasteiger partial charge in [0.1, 0.15) is 0 Å². The van der Waals surface area contributed by atoms with Crippen LogP contribution >= 0.6 is 0 Å². The zero-order chi connectivity index (χ0) is 13.8. The predicted molar refractivity (Wildman–Crippen MR) is 76.8 cm³/mol. The fraction of sp³-hybridized carbons (Fsp3) is 0.533. The van der Waals surface area contributed by atoms with Crippen LogP contribution in [0.1, 0.15) is 31.0 Å². The largest absolute Gasteiger partial charge is 0.353 e. The summed E-state index contributed by atoms with van der Waals surface area (Å²) in [7, 11) is 2.01. The second kappa shape index (κ2) is 6.17. The zero-order valence-electron chi connectivity index (χ0n) is 11.9. The first-order valence-corrected chi connectivity index (χ1v) is 6.86. The molecule has 19 heavy (non-hydrogen) atoms. The Morgan fingerprint density at radius 2 is 2.21 bits per heavy atom. The van der Waals surface area contributed by atoms with Gasteiger partial charge in [-0.1, -0.05) is 24.3 Å². The summed E-state index contributed by atoms with van der Waals surface area (Å²) in [5, 5.41) is 6.35. The van der Waals surface area contributed by atoms with E-state index in [1.807, 2.05) is 20.9 Å². The van der Waals surface area contributed by atoms with Crippen LogP contribution in [-0.2, 0) is 11.3 Å². The van der Waals surface area contributed by atoms with Gasteiger partial charge in [-0.3, -0.25) is 9.69 Å². The first kappa shape index (κ1) is 14.0. The molecule has 104 valence electrons. The number of rotatable bonds is 4. The molecule has 0 fully saturated rings. The number of hydrogen-bond donors (Lipinski definition) is 2. The van der Waals surface area contributed by atoms with Gasteiger partial charge in [-0.25, -0.2) is 0 Å². The molecule has 1 unspecified atom stereocenters. The van der Waals surface area contributed by atoms with Crippen LogP contribution in [0.4, 0.5) is 0 Å². The van der Waals surface area contributed by atoms with E-state index in [0.29, 0.717) is 6.54 Å². The van der Waals surface area contributed by atoms with E-state index in [1.54, 1.807) is 0 Å². The van der Waals surface area contributed by atoms with Gasteiger partial charge in [0.2, 0.25) is 5.91 Å². The van der Waals surface area contributed by atoms with Crippen LogP contribution in [0.3, 0.4) is 0 Å². The summed E-state index contributed by atoms with van der Waals surface area (Å²) in [5.74, 6) is 0.0838. The Morgan fingerprint density at radius 1 is 1.47 bits per heavy atom. The maximum Gasteiger partial charge on any atom is 0.234 e. The molecule has 0 saturated heterocycles. The lowest BCUT2D eigenvalue weighted by Crippen LogP contribution is -2.43. The highest BCUT2D eigenvalue weighted by molar-refractivity contribution is 5.78. The molecule has 0 bridgehead atoms. The lowest BCUT2D eigenvalue weighted by Gasteiger charge is -2.33. The Bertz CT molecular complexity index is 445. The van der Waals surface area contributed by atoms with E-state index in [-0.39, 0.29) is 18.0 Å². The van der Waals surface area contributed by atoms with Crippen molar-refractivity contribution in [1.82, 2.24) is 15.5 Å². The van der Waals surface area contributed by atoms with Crippen LogP contribution in [0.25, 0.3) is 0 Å². The minimum atomic E-state index is 0.0838. The molecule has 1 heterocycles. The fourth-order valence-electron chi connectivity index (χ4n) is 2.57. The number of benzene rings is 1. The molecule has 1 atom stereocenters. The predicted octanol–water partition coefficient (Wildman–Crippen LogP) is 1.29. The molecule has 1 aliphatic rings. The lowest BCUT2D eigenvalue weighted by molar-refractivity contribution is -0.122. The standard InChI is InChI=1S/C15H23N3O/c1-11(2)17-15(19)10-18(3)14-9-16-8-12-6-4-5-7-13(12)14/h4-7,11,14,16H,8-10H2,1-3H3,(H,17,19). The lowest BCUT2D eigenvalue weighted by atomic mass is 9.96. The number of fused-ring (bicyclic) bond motifs is 1. The van der Waals surface area contributed by atoms with Gasteiger partial charge in [-0.05, 0) is 32.0 Å². The van der Waals surface area contributed by atoms with E-state index in [4.69, 9.17) is 0 Å². The average molecular weight is 261 g/mol. The number of hydrogen-bond acceptors (Lipinski definition) is 3. The van der Waals surface area contributed by atoms with Crippen LogP contribution in [0.15, 0.2) is 24.3 Å². The zero-order valence-corrected chi connectivity index (χ0v) is 11.9. The number of nitrogens with zero attached hydrogens (tertiary/aromatic N) is 1. The summed E-state index contributed by atoms with van der Waals surface area (Å²) >= 11 is 0. The van der Waals surface area contributed by atoms with Gasteiger partial charge in [0.25, 0.3) is 0 Å². The average Bonchev–Trinajstić information content (AvgIpc) is 2.36. The second-order valence-electron chi connectivity index (χ2n) is 5.48. The minimum Gasteiger partial charge on any atom is -0.353 e. The van der Waals surface area contributed by atoms with Gasteiger partial charge in [0, 0.05) is 25.2 Å². The molecule has 2 rings (SSSR count). The highest BCUT2D eigenvalue weighted by atomic mass is 16.2. The number of nitrogens with one attached hydrogen (secondary N) is 2. The molecule has 4 nitrogen and oxygen atoms in total. The van der Waals surface area contributed by atoms with Crippen molar-refractivity contribution in [3.8, 4) is 0 Å². The van der Waals surface area contributed by atoms with Crippen LogP contribution in [0.2, 0.25) is 0 Å². The Labute approximate surface area is 115 Å². The monoisotopic (exact) mass is 261 g/mol. The summed E-state index contributed by atoms with van der Waals surface area (Å²) in [5.41, 5.74) is 2.66. The third-order valence-electron chi connectivity index (χ3n) is 3.44. The van der Waals surface area contributed by atoms with Crippen molar-refractivity contribution in [3.05, 3.63) is 35.4 Å². The quantitative estimate of drug-likeness (QED) is 0.858. The maximum absolute atomic E-state index is 11.8. The highest BCUT2D eigenvalue weighted by Crippen LogP contribution is 2.25. The smallest absolute Gasteiger partial charge is 0.234 e. The normalized spacial score (nSPS) is 18.5. The number of carbonyl (C=O) groups is 1. The van der Waals surface area contributed by atoms with E-state index in [0.717, 1.165) is 13.1 Å². The van der Waals surface area contributed by atoms with Gasteiger partial charge in [0.15, 0.2) is 0 Å². The molecule has 4 heteroatoms. The number of carbonyl (C=O) groups excluding carboxylic acids is 1. The Kier molecular flexibility index (Phi) is 4.56. The van der Waals surface area contributed by atoms with Gasteiger partial charge < -0.3 is 10.6 Å². The molecule has 1 aromatic rings. The van der Waals surface area contributed by atoms with Gasteiger partial charge in [-0.2, -0.15) is 0 Å². The van der Waals surface area contributed by atoms with Gasteiger partial charge in [0.05, 0.1) is 6.54 Å². The molecule has 0 spiro atoms. The van der Waals surface area contributed by atoms with Gasteiger partial charge in [-0.15, -0.1) is 0 Å². The van der Waals surface area contributed by atoms with Crippen molar-refractivity contribution < 1.29 is 4.79 Å². The van der Waals surface area contributed by atoms with E-state index >= 15 is 0 Å². The van der Waals surface area contributed by atoms with Crippen molar-refractivity contribution in [1.29, 1.82) is 0 Å². The fourth-order valence-corrected chi connectivity index (χ4v) is 2.57. The number of amides is 1. The Hall–Kier alpha value is -1.39. The molecule has 0 radical (unpaired) electrons. The third-order valence-corrected chi connectivity index (χ3v) is 3.44. The SMILES string of the molecule is CC(C)NC(=O)CN(C)C1CNCc2ccccc21. The Balaban J connectivity index is 2.04. The molecule has 2 N–H and O–H groups in total. The first-order chi connectivity index (χ1) is 9.08. The number of likely N-dealkylation sites (N-methyl/N-ethyl adjacent to an activating group) is 1. The highest BCUT2D eigenvalue weighted by Gasteiger charge is 2.24. The summed E-state index contributed by atoms with van der Waals surface area (Å²) in [6, 6.07) is 8.91. The van der Waals surface area contributed by atoms with Crippen LogP contribution in [0, 0.1) is 0 Å². The molecular formula is C15H23N3O. The summed E-state index contributed by atoms with van der Waals surface area (Å²) in [6.45, 7) is 6.20. The van der Waals surface area contributed by atoms with Crippen LogP contribution in [-0.4, -0.2) is 37.0 Å². The van der Waals surface area contributed by atoms with Gasteiger partial charge >= 0.3 is 0 Å². The van der Waals surface area contributed by atoms with E-state index in [2.05, 4.69) is 39.8 Å². The third kappa shape index (κ3) is 3.55. The molecule has 0 aromatic heterocycles. The van der Waals surface area contributed by atoms with E-state index in [9.17, 15) is 4.79 Å². The molecule has 1 aliphatic heterocycles. The second-order valence-corrected chi connectivity index (χ2v) is 5.48. The summed E-state index contributed by atoms with van der Waals surface area (Å²) < 4.78 is 0. The van der Waals surface area contributed by atoms with Crippen molar-refractivity contribution >= 4 is 5.91 Å². The maximum atomic E-state index is 11.8. The molecule has 0 aliphatic carbocycles. The first-order valence-electron chi connectivity index (χ1n) is 6.86.